The van der Waals surface area contributed by atoms with E-state index in [9.17, 15) is 0 Å². The third-order valence-corrected chi connectivity index (χ3v) is 8.78. The van der Waals surface area contributed by atoms with Crippen LogP contribution in [-0.2, 0) is 0 Å². The van der Waals surface area contributed by atoms with Crippen LogP contribution in [0.15, 0.2) is 194 Å². The van der Waals surface area contributed by atoms with E-state index in [1.165, 1.54) is 50.1 Å². The molecule has 0 atom stereocenters. The Morgan fingerprint density at radius 1 is 0.229 bits per heavy atom. The lowest BCUT2D eigenvalue weighted by Gasteiger charge is -2.14. The molecular formula is C46H32N2. The molecule has 0 saturated heterocycles. The van der Waals surface area contributed by atoms with Crippen LogP contribution >= 0.6 is 0 Å². The molecule has 2 aromatic heterocycles. The highest BCUT2D eigenvalue weighted by Gasteiger charge is 2.11. The van der Waals surface area contributed by atoms with Crippen LogP contribution in [0.4, 0.5) is 0 Å². The molecule has 0 amide bonds. The lowest BCUT2D eigenvalue weighted by molar-refractivity contribution is 1.29. The number of nitrogens with zero attached hydrogens (tertiary/aromatic N) is 2. The first-order chi connectivity index (χ1) is 23.8. The van der Waals surface area contributed by atoms with Crippen LogP contribution in [-0.4, -0.2) is 9.97 Å². The predicted molar refractivity (Wildman–Crippen MR) is 200 cm³/mol. The average molecular weight is 613 g/mol. The van der Waals surface area contributed by atoms with Crippen molar-refractivity contribution in [3.63, 3.8) is 0 Å². The van der Waals surface area contributed by atoms with Gasteiger partial charge in [0.1, 0.15) is 0 Å². The van der Waals surface area contributed by atoms with Gasteiger partial charge in [0.15, 0.2) is 0 Å². The average Bonchev–Trinajstić information content (AvgIpc) is 3.19. The Labute approximate surface area is 281 Å². The van der Waals surface area contributed by atoms with Crippen molar-refractivity contribution in [2.24, 2.45) is 0 Å². The van der Waals surface area contributed by atoms with Gasteiger partial charge >= 0.3 is 0 Å². The molecule has 0 saturated carbocycles. The van der Waals surface area contributed by atoms with Crippen molar-refractivity contribution in [1.82, 2.24) is 9.97 Å². The highest BCUT2D eigenvalue weighted by molar-refractivity contribution is 5.84. The molecule has 226 valence electrons. The Morgan fingerprint density at radius 2 is 0.562 bits per heavy atom. The Kier molecular flexibility index (Phi) is 7.96. The van der Waals surface area contributed by atoms with Gasteiger partial charge in [-0.1, -0.05) is 127 Å². The molecule has 0 spiro atoms. The van der Waals surface area contributed by atoms with Crippen molar-refractivity contribution >= 4 is 0 Å². The second-order valence-electron chi connectivity index (χ2n) is 11.9. The summed E-state index contributed by atoms with van der Waals surface area (Å²) in [4.78, 5) is 9.11. The first-order valence-corrected chi connectivity index (χ1v) is 16.2. The number of hydrogen-bond donors (Lipinski definition) is 0. The molecule has 0 bridgehead atoms. The van der Waals surface area contributed by atoms with Gasteiger partial charge in [0.05, 0.1) is 11.4 Å². The van der Waals surface area contributed by atoms with Gasteiger partial charge in [-0.2, -0.15) is 0 Å². The molecule has 8 rings (SSSR count). The summed E-state index contributed by atoms with van der Waals surface area (Å²) < 4.78 is 0. The summed E-state index contributed by atoms with van der Waals surface area (Å²) in [5.41, 5.74) is 15.9. The van der Waals surface area contributed by atoms with Gasteiger partial charge in [-0.15, -0.1) is 0 Å². The number of benzene rings is 6. The van der Waals surface area contributed by atoms with Crippen molar-refractivity contribution in [3.8, 4) is 78.1 Å². The number of aromatic nitrogens is 2. The van der Waals surface area contributed by atoms with Gasteiger partial charge in [-0.05, 0) is 110 Å². The molecule has 2 heterocycles. The quantitative estimate of drug-likeness (QED) is 0.179. The minimum absolute atomic E-state index is 0.937. The molecule has 48 heavy (non-hydrogen) atoms. The van der Waals surface area contributed by atoms with Gasteiger partial charge < -0.3 is 0 Å². The number of hydrogen-bond acceptors (Lipinski definition) is 2. The van der Waals surface area contributed by atoms with Crippen LogP contribution in [0.1, 0.15) is 0 Å². The Hall–Kier alpha value is -6.38. The SMILES string of the molecule is c1ccc(-c2cccc(-c3cc(-c4ccc(-c5cccc(-c6ccncc6)n5)cc4)cc(-c4cccc(-c5ccccc5)c4)c3)c2)cc1. The number of pyridine rings is 2. The van der Waals surface area contributed by atoms with Gasteiger partial charge in [0.2, 0.25) is 0 Å². The first kappa shape index (κ1) is 29.1. The van der Waals surface area contributed by atoms with Gasteiger partial charge in [0.25, 0.3) is 0 Å². The fourth-order valence-corrected chi connectivity index (χ4v) is 6.26. The van der Waals surface area contributed by atoms with Crippen LogP contribution in [0.5, 0.6) is 0 Å². The van der Waals surface area contributed by atoms with Crippen molar-refractivity contribution in [2.45, 2.75) is 0 Å². The van der Waals surface area contributed by atoms with Gasteiger partial charge in [0, 0.05) is 23.5 Å². The summed E-state index contributed by atoms with van der Waals surface area (Å²) in [6, 6.07) is 64.7. The van der Waals surface area contributed by atoms with Gasteiger partial charge in [-0.3, -0.25) is 4.98 Å². The maximum atomic E-state index is 4.96. The summed E-state index contributed by atoms with van der Waals surface area (Å²) >= 11 is 0. The molecular weight excluding hydrogens is 581 g/mol. The minimum atomic E-state index is 0.937. The van der Waals surface area contributed by atoms with E-state index < -0.39 is 0 Å². The Balaban J connectivity index is 1.21. The zero-order valence-electron chi connectivity index (χ0n) is 26.4. The van der Waals surface area contributed by atoms with E-state index in [0.29, 0.717) is 0 Å². The van der Waals surface area contributed by atoms with Gasteiger partial charge in [-0.25, -0.2) is 4.98 Å². The fraction of sp³-hybridized carbons (Fsp3) is 0. The molecule has 0 aliphatic rings. The van der Waals surface area contributed by atoms with Crippen LogP contribution in [0, 0.1) is 0 Å². The standard InChI is InChI=1S/C46H32N2/c1-3-10-33(11-4-1)38-14-7-16-40(28-38)43-30-42(31-44(32-43)41-17-8-15-39(29-41)34-12-5-2-6-13-34)35-20-22-36(23-21-35)45-18-9-19-46(48-45)37-24-26-47-27-25-37/h1-32H. The van der Waals surface area contributed by atoms with Crippen LogP contribution < -0.4 is 0 Å². The van der Waals surface area contributed by atoms with E-state index in [4.69, 9.17) is 4.98 Å². The molecule has 0 aliphatic heterocycles. The predicted octanol–water partition coefficient (Wildman–Crippen LogP) is 12.1. The largest absolute Gasteiger partial charge is 0.265 e. The lowest BCUT2D eigenvalue weighted by Crippen LogP contribution is -1.89. The van der Waals surface area contributed by atoms with E-state index in [1.54, 1.807) is 12.4 Å². The van der Waals surface area contributed by atoms with Crippen LogP contribution in [0.3, 0.4) is 0 Å². The molecule has 8 aromatic rings. The summed E-state index contributed by atoms with van der Waals surface area (Å²) in [5, 5.41) is 0. The molecule has 0 unspecified atom stereocenters. The van der Waals surface area contributed by atoms with Crippen molar-refractivity contribution < 1.29 is 0 Å². The van der Waals surface area contributed by atoms with E-state index >= 15 is 0 Å². The first-order valence-electron chi connectivity index (χ1n) is 16.2. The molecule has 2 nitrogen and oxygen atoms in total. The molecule has 0 aliphatic carbocycles. The van der Waals surface area contributed by atoms with Crippen molar-refractivity contribution in [3.05, 3.63) is 194 Å². The molecule has 2 heteroatoms. The third-order valence-electron chi connectivity index (χ3n) is 8.78. The van der Waals surface area contributed by atoms with Crippen molar-refractivity contribution in [1.29, 1.82) is 0 Å². The Bertz CT molecular complexity index is 2210. The fourth-order valence-electron chi connectivity index (χ4n) is 6.26. The number of rotatable bonds is 7. The van der Waals surface area contributed by atoms with Crippen molar-refractivity contribution in [2.75, 3.05) is 0 Å². The lowest BCUT2D eigenvalue weighted by atomic mass is 9.91. The third kappa shape index (κ3) is 6.20. The van der Waals surface area contributed by atoms with Crippen LogP contribution in [0.25, 0.3) is 78.1 Å². The molecule has 6 aromatic carbocycles. The summed E-state index contributed by atoms with van der Waals surface area (Å²) in [6.07, 6.45) is 3.60. The highest BCUT2D eigenvalue weighted by atomic mass is 14.7. The second-order valence-corrected chi connectivity index (χ2v) is 11.9. The highest BCUT2D eigenvalue weighted by Crippen LogP contribution is 2.36. The zero-order chi connectivity index (χ0) is 32.1. The molecule has 0 N–H and O–H groups in total. The summed E-state index contributed by atoms with van der Waals surface area (Å²) in [5.74, 6) is 0. The van der Waals surface area contributed by atoms with E-state index in [2.05, 4.69) is 169 Å². The molecule has 0 fully saturated rings. The van der Waals surface area contributed by atoms with E-state index in [-0.39, 0.29) is 0 Å². The van der Waals surface area contributed by atoms with E-state index in [1.807, 2.05) is 18.2 Å². The molecule has 0 radical (unpaired) electrons. The second kappa shape index (κ2) is 13.2. The monoisotopic (exact) mass is 612 g/mol. The van der Waals surface area contributed by atoms with Crippen LogP contribution in [0.2, 0.25) is 0 Å². The zero-order valence-corrected chi connectivity index (χ0v) is 26.4. The maximum absolute atomic E-state index is 4.96. The maximum Gasteiger partial charge on any atom is 0.0710 e. The smallest absolute Gasteiger partial charge is 0.0710 e. The summed E-state index contributed by atoms with van der Waals surface area (Å²) in [7, 11) is 0. The summed E-state index contributed by atoms with van der Waals surface area (Å²) in [6.45, 7) is 0. The Morgan fingerprint density at radius 3 is 1.06 bits per heavy atom. The normalized spacial score (nSPS) is 10.9. The van der Waals surface area contributed by atoms with E-state index in [0.717, 1.165) is 28.1 Å². The minimum Gasteiger partial charge on any atom is -0.265 e. The topological polar surface area (TPSA) is 25.8 Å².